The second-order valence-electron chi connectivity index (χ2n) is 4.54. The van der Waals surface area contributed by atoms with Gasteiger partial charge in [0.25, 0.3) is 5.56 Å². The SMILES string of the molecule is CC.Cc1ccccc1-c1c(O)c2ccsc2n(C)c1=O.[CH3-].[Y]. The maximum Gasteiger partial charge on any atom is 0.263 e. The maximum absolute atomic E-state index is 12.5. The molecule has 0 saturated carbocycles. The zero-order valence-corrected chi connectivity index (χ0v) is 17.9. The molecule has 0 aliphatic rings. The summed E-state index contributed by atoms with van der Waals surface area (Å²) in [7, 11) is 1.74. The van der Waals surface area contributed by atoms with E-state index in [9.17, 15) is 9.90 Å². The minimum atomic E-state index is -0.165. The predicted molar refractivity (Wildman–Crippen MR) is 96.7 cm³/mol. The topological polar surface area (TPSA) is 42.2 Å². The van der Waals surface area contributed by atoms with Crippen molar-refractivity contribution in [1.82, 2.24) is 4.57 Å². The number of thiophene rings is 1. The van der Waals surface area contributed by atoms with Crippen LogP contribution < -0.4 is 5.56 Å². The summed E-state index contributed by atoms with van der Waals surface area (Å²) >= 11 is 1.45. The second kappa shape index (κ2) is 9.36. The van der Waals surface area contributed by atoms with Gasteiger partial charge in [-0.2, -0.15) is 0 Å². The van der Waals surface area contributed by atoms with E-state index in [1.165, 1.54) is 11.3 Å². The van der Waals surface area contributed by atoms with Gasteiger partial charge < -0.3 is 17.1 Å². The summed E-state index contributed by atoms with van der Waals surface area (Å²) in [5.74, 6) is 0.0775. The fourth-order valence-electron chi connectivity index (χ4n) is 2.33. The normalized spacial score (nSPS) is 9.39. The Morgan fingerprint density at radius 1 is 1.13 bits per heavy atom. The number of aryl methyl sites for hydroxylation is 2. The van der Waals surface area contributed by atoms with Crippen molar-refractivity contribution in [2.75, 3.05) is 0 Å². The number of rotatable bonds is 1. The summed E-state index contributed by atoms with van der Waals surface area (Å²) in [5, 5.41) is 13.0. The molecule has 0 bridgehead atoms. The van der Waals surface area contributed by atoms with E-state index in [1.54, 1.807) is 11.6 Å². The zero-order valence-electron chi connectivity index (χ0n) is 14.3. The molecule has 1 aromatic carbocycles. The van der Waals surface area contributed by atoms with Gasteiger partial charge in [0.1, 0.15) is 10.6 Å². The Morgan fingerprint density at radius 3 is 2.35 bits per heavy atom. The van der Waals surface area contributed by atoms with Crippen molar-refractivity contribution in [3.8, 4) is 16.9 Å². The van der Waals surface area contributed by atoms with Crippen LogP contribution in [-0.4, -0.2) is 9.67 Å². The van der Waals surface area contributed by atoms with E-state index in [2.05, 4.69) is 0 Å². The first-order chi connectivity index (χ1) is 10.1. The van der Waals surface area contributed by atoms with E-state index in [4.69, 9.17) is 0 Å². The van der Waals surface area contributed by atoms with Crippen molar-refractivity contribution in [2.24, 2.45) is 7.05 Å². The second-order valence-corrected chi connectivity index (χ2v) is 5.44. The summed E-state index contributed by atoms with van der Waals surface area (Å²) in [6, 6.07) is 9.44. The van der Waals surface area contributed by atoms with Gasteiger partial charge in [0, 0.05) is 39.8 Å². The number of pyridine rings is 1. The van der Waals surface area contributed by atoms with Crippen LogP contribution in [0.15, 0.2) is 40.5 Å². The minimum absolute atomic E-state index is 0. The molecule has 0 atom stereocenters. The number of hydrogen-bond acceptors (Lipinski definition) is 3. The molecule has 3 aromatic rings. The van der Waals surface area contributed by atoms with E-state index in [0.717, 1.165) is 21.3 Å². The molecule has 1 radical (unpaired) electrons. The molecule has 3 nitrogen and oxygen atoms in total. The number of nitrogens with zero attached hydrogens (tertiary/aromatic N) is 1. The van der Waals surface area contributed by atoms with Gasteiger partial charge in [-0.3, -0.25) is 4.79 Å². The van der Waals surface area contributed by atoms with Crippen LogP contribution in [0.2, 0.25) is 0 Å². The quantitative estimate of drug-likeness (QED) is 0.594. The molecule has 3 rings (SSSR count). The summed E-state index contributed by atoms with van der Waals surface area (Å²) in [4.78, 5) is 13.3. The van der Waals surface area contributed by atoms with Crippen LogP contribution in [0, 0.1) is 14.4 Å². The van der Waals surface area contributed by atoms with Crippen molar-refractivity contribution >= 4 is 21.6 Å². The molecule has 23 heavy (non-hydrogen) atoms. The van der Waals surface area contributed by atoms with Gasteiger partial charge in [-0.05, 0) is 29.5 Å². The summed E-state index contributed by atoms with van der Waals surface area (Å²) in [6.45, 7) is 5.94. The van der Waals surface area contributed by atoms with Gasteiger partial charge in [0.05, 0.1) is 10.9 Å². The first-order valence-electron chi connectivity index (χ1n) is 6.96. The number of aromatic hydroxyl groups is 1. The average Bonchev–Trinajstić information content (AvgIpc) is 2.99. The van der Waals surface area contributed by atoms with Gasteiger partial charge in [-0.15, -0.1) is 11.3 Å². The van der Waals surface area contributed by atoms with Crippen molar-refractivity contribution in [3.05, 3.63) is 59.1 Å². The molecule has 0 amide bonds. The summed E-state index contributed by atoms with van der Waals surface area (Å²) in [5.41, 5.74) is 1.98. The van der Waals surface area contributed by atoms with Gasteiger partial charge in [0.2, 0.25) is 0 Å². The van der Waals surface area contributed by atoms with Crippen LogP contribution in [0.4, 0.5) is 0 Å². The number of benzene rings is 1. The van der Waals surface area contributed by atoms with Crippen LogP contribution in [0.25, 0.3) is 21.3 Å². The smallest absolute Gasteiger partial charge is 0.263 e. The molecule has 0 unspecified atom stereocenters. The first kappa shape index (κ1) is 22.0. The number of fused-ring (bicyclic) bond motifs is 1. The van der Waals surface area contributed by atoms with Crippen LogP contribution in [0.5, 0.6) is 5.75 Å². The summed E-state index contributed by atoms with van der Waals surface area (Å²) in [6.07, 6.45) is 0. The maximum atomic E-state index is 12.5. The number of aromatic nitrogens is 1. The van der Waals surface area contributed by atoms with E-state index in [0.29, 0.717) is 5.56 Å². The molecule has 1 N–H and O–H groups in total. The molecule has 2 aromatic heterocycles. The van der Waals surface area contributed by atoms with Gasteiger partial charge >= 0.3 is 0 Å². The summed E-state index contributed by atoms with van der Waals surface area (Å²) < 4.78 is 1.60. The van der Waals surface area contributed by atoms with Crippen molar-refractivity contribution in [3.63, 3.8) is 0 Å². The first-order valence-corrected chi connectivity index (χ1v) is 7.84. The van der Waals surface area contributed by atoms with Crippen molar-refractivity contribution in [1.29, 1.82) is 0 Å². The molecular formula is C18H22NO2SY-. The van der Waals surface area contributed by atoms with Crippen LogP contribution in [-0.2, 0) is 39.8 Å². The van der Waals surface area contributed by atoms with Crippen LogP contribution in [0.3, 0.4) is 0 Å². The van der Waals surface area contributed by atoms with Crippen molar-refractivity contribution < 1.29 is 37.8 Å². The molecule has 0 aliphatic heterocycles. The van der Waals surface area contributed by atoms with Gasteiger partial charge in [-0.25, -0.2) is 0 Å². The molecule has 0 saturated heterocycles. The Labute approximate surface area is 166 Å². The number of hydrogen-bond donors (Lipinski definition) is 1. The van der Waals surface area contributed by atoms with E-state index in [-0.39, 0.29) is 51.4 Å². The third-order valence-corrected chi connectivity index (χ3v) is 4.36. The van der Waals surface area contributed by atoms with Gasteiger partial charge in [-0.1, -0.05) is 38.1 Å². The predicted octanol–water partition coefficient (Wildman–Crippen LogP) is 4.76. The van der Waals surface area contributed by atoms with Crippen LogP contribution in [0.1, 0.15) is 19.4 Å². The Bertz CT molecular complexity index is 837. The van der Waals surface area contributed by atoms with E-state index >= 15 is 0 Å². The van der Waals surface area contributed by atoms with E-state index in [1.807, 2.05) is 56.5 Å². The van der Waals surface area contributed by atoms with E-state index < -0.39 is 0 Å². The molecular weight excluding hydrogens is 383 g/mol. The Morgan fingerprint density at radius 2 is 1.74 bits per heavy atom. The van der Waals surface area contributed by atoms with Crippen molar-refractivity contribution in [2.45, 2.75) is 20.8 Å². The monoisotopic (exact) mass is 405 g/mol. The largest absolute Gasteiger partial charge is 0.506 e. The fraction of sp³-hybridized carbons (Fsp3) is 0.222. The molecule has 0 spiro atoms. The molecule has 0 aliphatic carbocycles. The molecule has 5 heteroatoms. The molecule has 121 valence electrons. The van der Waals surface area contributed by atoms with Crippen LogP contribution >= 0.6 is 11.3 Å². The zero-order chi connectivity index (χ0) is 15.6. The fourth-order valence-corrected chi connectivity index (χ4v) is 3.20. The third-order valence-electron chi connectivity index (χ3n) is 3.37. The standard InChI is InChI=1S/C15H13NO2S.C2H6.CH3.Y/c1-9-5-3-4-6-10(9)12-13(17)11-7-8-19-15(11)16(2)14(12)18;1-2;;/h3-8,17H,1-2H3;1-2H3;1H3;/q;;-1;. The van der Waals surface area contributed by atoms with Gasteiger partial charge in [0.15, 0.2) is 0 Å². The average molecular weight is 405 g/mol. The minimum Gasteiger partial charge on any atom is -0.506 e. The molecule has 2 heterocycles. The third kappa shape index (κ3) is 3.93. The Kier molecular flexibility index (Phi) is 8.97. The Balaban J connectivity index is 0.00000117. The molecule has 0 fully saturated rings. The Hall–Kier alpha value is -0.966.